The maximum Gasteiger partial charge on any atom is 0.0111 e. The minimum absolute atomic E-state index is 0.347. The largest absolute Gasteiger partial charge is 0.314 e. The molecule has 0 bridgehead atoms. The number of benzene rings is 1. The first kappa shape index (κ1) is 17.5. The van der Waals surface area contributed by atoms with Crippen molar-refractivity contribution < 1.29 is 0 Å². The van der Waals surface area contributed by atoms with Crippen LogP contribution in [-0.4, -0.2) is 36.6 Å². The lowest BCUT2D eigenvalue weighted by Gasteiger charge is -2.49. The van der Waals surface area contributed by atoms with E-state index in [2.05, 4.69) is 47.5 Å². The molecule has 2 saturated heterocycles. The Labute approximate surface area is 154 Å². The van der Waals surface area contributed by atoms with E-state index in [9.17, 15) is 0 Å². The van der Waals surface area contributed by atoms with Crippen molar-refractivity contribution >= 4 is 0 Å². The molecule has 1 aliphatic carbocycles. The van der Waals surface area contributed by atoms with Crippen LogP contribution >= 0.6 is 0 Å². The van der Waals surface area contributed by atoms with Gasteiger partial charge in [-0.25, -0.2) is 0 Å². The first-order valence-electron chi connectivity index (χ1n) is 10.8. The molecule has 2 aliphatic heterocycles. The quantitative estimate of drug-likeness (QED) is 0.851. The van der Waals surface area contributed by atoms with Crippen molar-refractivity contribution in [1.29, 1.82) is 0 Å². The van der Waals surface area contributed by atoms with Gasteiger partial charge in [0.05, 0.1) is 0 Å². The van der Waals surface area contributed by atoms with Gasteiger partial charge >= 0.3 is 0 Å². The van der Waals surface area contributed by atoms with Crippen LogP contribution in [0.2, 0.25) is 0 Å². The zero-order valence-corrected chi connectivity index (χ0v) is 16.1. The Hall–Kier alpha value is -0.860. The molecule has 2 nitrogen and oxygen atoms in total. The van der Waals surface area contributed by atoms with Gasteiger partial charge in [-0.05, 0) is 63.1 Å². The van der Waals surface area contributed by atoms with Crippen molar-refractivity contribution in [2.24, 2.45) is 5.92 Å². The molecule has 1 aromatic rings. The third-order valence-corrected chi connectivity index (χ3v) is 7.31. The van der Waals surface area contributed by atoms with Crippen LogP contribution in [0.15, 0.2) is 30.3 Å². The summed E-state index contributed by atoms with van der Waals surface area (Å²) in [6, 6.07) is 12.8. The van der Waals surface area contributed by atoms with Crippen LogP contribution in [0.3, 0.4) is 0 Å². The Balaban J connectivity index is 1.29. The molecule has 25 heavy (non-hydrogen) atoms. The third-order valence-electron chi connectivity index (χ3n) is 7.31. The van der Waals surface area contributed by atoms with Gasteiger partial charge in [-0.3, -0.25) is 4.90 Å². The van der Waals surface area contributed by atoms with Crippen molar-refractivity contribution in [3.63, 3.8) is 0 Å². The van der Waals surface area contributed by atoms with Gasteiger partial charge in [0.25, 0.3) is 0 Å². The average Bonchev–Trinajstić information content (AvgIpc) is 2.68. The first-order chi connectivity index (χ1) is 12.2. The van der Waals surface area contributed by atoms with Crippen molar-refractivity contribution in [2.75, 3.05) is 19.6 Å². The lowest BCUT2D eigenvalue weighted by Crippen LogP contribution is -2.56. The molecule has 3 atom stereocenters. The fourth-order valence-corrected chi connectivity index (χ4v) is 5.61. The highest BCUT2D eigenvalue weighted by atomic mass is 15.2. The molecule has 1 saturated carbocycles. The van der Waals surface area contributed by atoms with Gasteiger partial charge in [0, 0.05) is 24.0 Å². The number of nitrogens with zero attached hydrogens (tertiary/aromatic N) is 1. The smallest absolute Gasteiger partial charge is 0.0111 e. The van der Waals surface area contributed by atoms with Crippen molar-refractivity contribution in [3.05, 3.63) is 35.9 Å². The summed E-state index contributed by atoms with van der Waals surface area (Å²) in [6.07, 6.45) is 12.7. The van der Waals surface area contributed by atoms with Crippen LogP contribution in [0.4, 0.5) is 0 Å². The van der Waals surface area contributed by atoms with Crippen LogP contribution in [-0.2, 0) is 5.41 Å². The molecule has 4 rings (SSSR count). The van der Waals surface area contributed by atoms with Crippen LogP contribution < -0.4 is 5.32 Å². The highest BCUT2D eigenvalue weighted by Crippen LogP contribution is 2.38. The molecule has 0 radical (unpaired) electrons. The normalized spacial score (nSPS) is 34.6. The van der Waals surface area contributed by atoms with Gasteiger partial charge < -0.3 is 5.32 Å². The van der Waals surface area contributed by atoms with E-state index in [0.29, 0.717) is 5.41 Å². The van der Waals surface area contributed by atoms with Crippen molar-refractivity contribution in [2.45, 2.75) is 82.2 Å². The van der Waals surface area contributed by atoms with E-state index < -0.39 is 0 Å². The highest BCUT2D eigenvalue weighted by molar-refractivity contribution is 5.26. The second-order valence-corrected chi connectivity index (χ2v) is 9.22. The van der Waals surface area contributed by atoms with Gasteiger partial charge in [-0.15, -0.1) is 0 Å². The van der Waals surface area contributed by atoms with Gasteiger partial charge in [0.15, 0.2) is 0 Å². The zero-order valence-electron chi connectivity index (χ0n) is 16.1. The van der Waals surface area contributed by atoms with Gasteiger partial charge in [0.2, 0.25) is 0 Å². The van der Waals surface area contributed by atoms with Gasteiger partial charge in [-0.2, -0.15) is 0 Å². The Bertz CT molecular complexity index is 536. The van der Waals surface area contributed by atoms with E-state index in [1.54, 1.807) is 0 Å². The zero-order chi connectivity index (χ0) is 17.1. The van der Waals surface area contributed by atoms with Crippen molar-refractivity contribution in [3.8, 4) is 0 Å². The van der Waals surface area contributed by atoms with Crippen LogP contribution in [0.25, 0.3) is 0 Å². The van der Waals surface area contributed by atoms with Crippen LogP contribution in [0, 0.1) is 5.92 Å². The standard InChI is InChI=1S/C23H36N2/c1-23(20-10-6-3-7-11-20)14-12-22-16-21(13-15-25(22)18-23)24-17-19-8-4-2-5-9-19/h3,6-7,10-11,19,21-22,24H,2,4-5,8-9,12-18H2,1H3. The minimum atomic E-state index is 0.347. The summed E-state index contributed by atoms with van der Waals surface area (Å²) in [6.45, 7) is 6.29. The maximum atomic E-state index is 3.95. The molecule has 1 N–H and O–H groups in total. The molecule has 0 aromatic heterocycles. The van der Waals surface area contributed by atoms with E-state index in [1.165, 1.54) is 83.0 Å². The molecule has 2 heterocycles. The Morgan fingerprint density at radius 1 is 1.04 bits per heavy atom. The Morgan fingerprint density at radius 3 is 2.64 bits per heavy atom. The molecule has 3 fully saturated rings. The fourth-order valence-electron chi connectivity index (χ4n) is 5.61. The number of rotatable bonds is 4. The summed E-state index contributed by atoms with van der Waals surface area (Å²) in [4.78, 5) is 2.80. The summed E-state index contributed by atoms with van der Waals surface area (Å²) in [5.41, 5.74) is 1.88. The summed E-state index contributed by atoms with van der Waals surface area (Å²) in [7, 11) is 0. The predicted octanol–water partition coefficient (Wildman–Crippen LogP) is 4.74. The van der Waals surface area contributed by atoms with Gasteiger partial charge in [-0.1, -0.05) is 56.5 Å². The molecule has 3 aliphatic rings. The van der Waals surface area contributed by atoms with Crippen LogP contribution in [0.5, 0.6) is 0 Å². The second-order valence-electron chi connectivity index (χ2n) is 9.22. The Kier molecular flexibility index (Phi) is 5.47. The molecule has 2 heteroatoms. The van der Waals surface area contributed by atoms with E-state index in [0.717, 1.165) is 18.0 Å². The SMILES string of the molecule is CC1(c2ccccc2)CCC2CC(NCC3CCCCC3)CCN2C1. The summed E-state index contributed by atoms with van der Waals surface area (Å²) in [5, 5.41) is 3.95. The molecule has 1 aromatic carbocycles. The number of hydrogen-bond donors (Lipinski definition) is 1. The van der Waals surface area contributed by atoms with E-state index >= 15 is 0 Å². The van der Waals surface area contributed by atoms with Crippen LogP contribution in [0.1, 0.15) is 70.3 Å². The number of nitrogens with one attached hydrogen (secondary N) is 1. The second kappa shape index (κ2) is 7.80. The molecule has 138 valence electrons. The highest BCUT2D eigenvalue weighted by Gasteiger charge is 2.40. The summed E-state index contributed by atoms with van der Waals surface area (Å²) < 4.78 is 0. The first-order valence-corrected chi connectivity index (χ1v) is 10.8. The lowest BCUT2D eigenvalue weighted by molar-refractivity contribution is 0.0499. The average molecular weight is 341 g/mol. The number of hydrogen-bond acceptors (Lipinski definition) is 2. The topological polar surface area (TPSA) is 15.3 Å². The predicted molar refractivity (Wildman–Crippen MR) is 106 cm³/mol. The van der Waals surface area contributed by atoms with Gasteiger partial charge in [0.1, 0.15) is 0 Å². The number of fused-ring (bicyclic) bond motifs is 1. The lowest BCUT2D eigenvalue weighted by atomic mass is 9.72. The van der Waals surface area contributed by atoms with E-state index in [-0.39, 0.29) is 0 Å². The molecule has 0 amide bonds. The molecule has 3 unspecified atom stereocenters. The fraction of sp³-hybridized carbons (Fsp3) is 0.739. The van der Waals surface area contributed by atoms with E-state index in [1.807, 2.05) is 0 Å². The maximum absolute atomic E-state index is 3.95. The summed E-state index contributed by atoms with van der Waals surface area (Å²) >= 11 is 0. The minimum Gasteiger partial charge on any atom is -0.314 e. The van der Waals surface area contributed by atoms with Crippen molar-refractivity contribution in [1.82, 2.24) is 10.2 Å². The number of piperidine rings is 2. The monoisotopic (exact) mass is 340 g/mol. The molecular formula is C23H36N2. The van der Waals surface area contributed by atoms with E-state index in [4.69, 9.17) is 0 Å². The molecular weight excluding hydrogens is 304 g/mol. The third kappa shape index (κ3) is 4.11. The molecule has 0 spiro atoms. The Morgan fingerprint density at radius 2 is 1.84 bits per heavy atom. The summed E-state index contributed by atoms with van der Waals surface area (Å²) in [5.74, 6) is 0.958.